The second-order valence-corrected chi connectivity index (χ2v) is 2.67. The number of phenolic OH excluding ortho intramolecular Hbond substituents is 1. The molecule has 14 heavy (non-hydrogen) atoms. The molecule has 0 saturated carbocycles. The molecule has 0 atom stereocenters. The number of aromatic hydroxyl groups is 1. The maximum Gasteiger partial charge on any atom is 0.335 e. The van der Waals surface area contributed by atoms with Crippen LogP contribution in [0, 0.1) is 0 Å². The van der Waals surface area contributed by atoms with Crippen molar-refractivity contribution < 1.29 is 19.7 Å². The molecule has 0 heterocycles. The number of ether oxygens (including phenoxy) is 1. The zero-order chi connectivity index (χ0) is 10.7. The first kappa shape index (κ1) is 10.1. The van der Waals surface area contributed by atoms with Crippen molar-refractivity contribution >= 4 is 11.5 Å². The van der Waals surface area contributed by atoms with Crippen LogP contribution in [0.1, 0.15) is 5.56 Å². The Morgan fingerprint density at radius 3 is 2.57 bits per heavy atom. The Bertz CT molecular complexity index is 382. The molecule has 0 aromatic heterocycles. The molecule has 0 saturated heterocycles. The van der Waals surface area contributed by atoms with Crippen LogP contribution in [0.3, 0.4) is 0 Å². The second-order valence-electron chi connectivity index (χ2n) is 2.67. The highest BCUT2D eigenvalue weighted by molar-refractivity contribution is 6.14. The van der Waals surface area contributed by atoms with Crippen molar-refractivity contribution in [2.24, 2.45) is 0 Å². The van der Waals surface area contributed by atoms with Crippen LogP contribution < -0.4 is 4.74 Å². The molecule has 4 heteroatoms. The van der Waals surface area contributed by atoms with E-state index in [1.165, 1.54) is 25.3 Å². The Morgan fingerprint density at radius 1 is 1.50 bits per heavy atom. The molecule has 0 fully saturated rings. The van der Waals surface area contributed by atoms with Gasteiger partial charge in [-0.05, 0) is 17.7 Å². The van der Waals surface area contributed by atoms with Crippen LogP contribution in [0.2, 0.25) is 0 Å². The summed E-state index contributed by atoms with van der Waals surface area (Å²) in [7, 11) is 1.42. The van der Waals surface area contributed by atoms with E-state index in [0.29, 0.717) is 11.3 Å². The molecule has 0 aliphatic rings. The van der Waals surface area contributed by atoms with Crippen molar-refractivity contribution in [2.45, 2.75) is 0 Å². The Morgan fingerprint density at radius 2 is 2.14 bits per heavy atom. The summed E-state index contributed by atoms with van der Waals surface area (Å²) in [6, 6.07) is 4.31. The van der Waals surface area contributed by atoms with Crippen LogP contribution in [-0.4, -0.2) is 23.3 Å². The van der Waals surface area contributed by atoms with E-state index in [1.807, 2.05) is 0 Å². The van der Waals surface area contributed by atoms with Gasteiger partial charge in [-0.1, -0.05) is 12.6 Å². The fourth-order valence-corrected chi connectivity index (χ4v) is 1.00. The molecule has 0 spiro atoms. The van der Waals surface area contributed by atoms with Crippen molar-refractivity contribution in [1.29, 1.82) is 0 Å². The van der Waals surface area contributed by atoms with E-state index in [9.17, 15) is 9.90 Å². The predicted molar refractivity (Wildman–Crippen MR) is 51.3 cm³/mol. The van der Waals surface area contributed by atoms with Crippen molar-refractivity contribution in [2.75, 3.05) is 7.11 Å². The molecule has 4 nitrogen and oxygen atoms in total. The Balaban J connectivity index is 3.09. The van der Waals surface area contributed by atoms with E-state index in [0.717, 1.165) is 0 Å². The van der Waals surface area contributed by atoms with Crippen LogP contribution in [-0.2, 0) is 4.79 Å². The molecule has 0 radical (unpaired) electrons. The van der Waals surface area contributed by atoms with Gasteiger partial charge in [-0.25, -0.2) is 4.79 Å². The first-order valence-electron chi connectivity index (χ1n) is 3.86. The second kappa shape index (κ2) is 3.83. The molecule has 74 valence electrons. The third-order valence-electron chi connectivity index (χ3n) is 1.79. The SMILES string of the molecule is C=C(C(=O)O)c1ccc(OC)c(O)c1. The zero-order valence-electron chi connectivity index (χ0n) is 7.65. The first-order chi connectivity index (χ1) is 6.56. The van der Waals surface area contributed by atoms with Crippen LogP contribution in [0.25, 0.3) is 5.57 Å². The van der Waals surface area contributed by atoms with Gasteiger partial charge < -0.3 is 14.9 Å². The Labute approximate surface area is 81.1 Å². The van der Waals surface area contributed by atoms with E-state index in [1.54, 1.807) is 0 Å². The van der Waals surface area contributed by atoms with Gasteiger partial charge in [0.25, 0.3) is 0 Å². The van der Waals surface area contributed by atoms with Gasteiger partial charge in [-0.3, -0.25) is 0 Å². The van der Waals surface area contributed by atoms with E-state index >= 15 is 0 Å². The van der Waals surface area contributed by atoms with E-state index in [2.05, 4.69) is 6.58 Å². The van der Waals surface area contributed by atoms with E-state index in [-0.39, 0.29) is 11.3 Å². The van der Waals surface area contributed by atoms with Gasteiger partial charge in [-0.15, -0.1) is 0 Å². The largest absolute Gasteiger partial charge is 0.504 e. The van der Waals surface area contributed by atoms with Crippen molar-refractivity contribution in [3.8, 4) is 11.5 Å². The highest BCUT2D eigenvalue weighted by Gasteiger charge is 2.09. The molecule has 0 aliphatic carbocycles. The Hall–Kier alpha value is -1.97. The standard InChI is InChI=1S/C10H10O4/c1-6(10(12)13)7-3-4-9(14-2)8(11)5-7/h3-5,11H,1H2,2H3,(H,12,13). The lowest BCUT2D eigenvalue weighted by Crippen LogP contribution is -1.97. The first-order valence-corrected chi connectivity index (χ1v) is 3.86. The molecular formula is C10H10O4. The number of benzene rings is 1. The number of carboxylic acids is 1. The molecule has 0 amide bonds. The lowest BCUT2D eigenvalue weighted by molar-refractivity contribution is -0.130. The molecule has 1 aromatic rings. The summed E-state index contributed by atoms with van der Waals surface area (Å²) in [5.41, 5.74) is 0.291. The number of rotatable bonds is 3. The van der Waals surface area contributed by atoms with E-state index < -0.39 is 5.97 Å². The molecule has 0 unspecified atom stereocenters. The summed E-state index contributed by atoms with van der Waals surface area (Å²) in [6.07, 6.45) is 0. The fourth-order valence-electron chi connectivity index (χ4n) is 1.00. The van der Waals surface area contributed by atoms with Crippen molar-refractivity contribution in [3.05, 3.63) is 30.3 Å². The number of carboxylic acid groups (broad SMARTS) is 1. The summed E-state index contributed by atoms with van der Waals surface area (Å²) >= 11 is 0. The molecule has 2 N–H and O–H groups in total. The predicted octanol–water partition coefficient (Wildman–Crippen LogP) is 1.50. The van der Waals surface area contributed by atoms with Crippen LogP contribution in [0.5, 0.6) is 11.5 Å². The van der Waals surface area contributed by atoms with Gasteiger partial charge in [0.15, 0.2) is 11.5 Å². The monoisotopic (exact) mass is 194 g/mol. The van der Waals surface area contributed by atoms with Crippen molar-refractivity contribution in [3.63, 3.8) is 0 Å². The molecule has 0 bridgehead atoms. The quantitative estimate of drug-likeness (QED) is 0.715. The number of carbonyl (C=O) groups is 1. The highest BCUT2D eigenvalue weighted by atomic mass is 16.5. The molecule has 0 aliphatic heterocycles. The van der Waals surface area contributed by atoms with Crippen LogP contribution in [0.15, 0.2) is 24.8 Å². The molecule has 1 aromatic carbocycles. The van der Waals surface area contributed by atoms with Gasteiger partial charge >= 0.3 is 5.97 Å². The normalized spacial score (nSPS) is 9.50. The topological polar surface area (TPSA) is 66.8 Å². The third-order valence-corrected chi connectivity index (χ3v) is 1.79. The maximum atomic E-state index is 10.6. The van der Waals surface area contributed by atoms with Gasteiger partial charge in [0.1, 0.15) is 0 Å². The minimum atomic E-state index is -1.12. The van der Waals surface area contributed by atoms with Gasteiger partial charge in [-0.2, -0.15) is 0 Å². The van der Waals surface area contributed by atoms with Crippen LogP contribution >= 0.6 is 0 Å². The summed E-state index contributed by atoms with van der Waals surface area (Å²) in [5.74, 6) is -0.922. The van der Waals surface area contributed by atoms with Crippen molar-refractivity contribution in [1.82, 2.24) is 0 Å². The summed E-state index contributed by atoms with van der Waals surface area (Å²) in [4.78, 5) is 10.6. The van der Waals surface area contributed by atoms with Crippen LogP contribution in [0.4, 0.5) is 0 Å². The maximum absolute atomic E-state index is 10.6. The lowest BCUT2D eigenvalue weighted by atomic mass is 10.1. The van der Waals surface area contributed by atoms with Gasteiger partial charge in [0.05, 0.1) is 12.7 Å². The number of methoxy groups -OCH3 is 1. The van der Waals surface area contributed by atoms with Gasteiger partial charge in [0, 0.05) is 0 Å². The number of hydrogen-bond donors (Lipinski definition) is 2. The minimum Gasteiger partial charge on any atom is -0.504 e. The number of hydrogen-bond acceptors (Lipinski definition) is 3. The number of aliphatic carboxylic acids is 1. The highest BCUT2D eigenvalue weighted by Crippen LogP contribution is 2.28. The lowest BCUT2D eigenvalue weighted by Gasteiger charge is -2.05. The Kier molecular flexibility index (Phi) is 2.76. The summed E-state index contributed by atoms with van der Waals surface area (Å²) in [6.45, 7) is 3.37. The van der Waals surface area contributed by atoms with Gasteiger partial charge in [0.2, 0.25) is 0 Å². The molecule has 1 rings (SSSR count). The third kappa shape index (κ3) is 1.85. The smallest absolute Gasteiger partial charge is 0.335 e. The summed E-state index contributed by atoms with van der Waals surface area (Å²) in [5, 5.41) is 18.0. The minimum absolute atomic E-state index is 0.0667. The average molecular weight is 194 g/mol. The average Bonchev–Trinajstić information content (AvgIpc) is 2.16. The van der Waals surface area contributed by atoms with E-state index in [4.69, 9.17) is 9.84 Å². The summed E-state index contributed by atoms with van der Waals surface area (Å²) < 4.78 is 4.81. The number of phenols is 1. The fraction of sp³-hybridized carbons (Fsp3) is 0.100. The zero-order valence-corrected chi connectivity index (χ0v) is 7.65. The molecular weight excluding hydrogens is 184 g/mol.